The first kappa shape index (κ1) is 17.0. The van der Waals surface area contributed by atoms with E-state index in [4.69, 9.17) is 4.98 Å². The van der Waals surface area contributed by atoms with Crippen molar-refractivity contribution in [2.24, 2.45) is 5.92 Å². The molecule has 0 fully saturated rings. The second kappa shape index (κ2) is 8.25. The van der Waals surface area contributed by atoms with E-state index < -0.39 is 0 Å². The molecular formula is C17H31N3. The lowest BCUT2D eigenvalue weighted by atomic mass is 10.1. The summed E-state index contributed by atoms with van der Waals surface area (Å²) in [6.07, 6.45) is 3.23. The lowest BCUT2D eigenvalue weighted by Crippen LogP contribution is -2.29. The molecule has 1 rings (SSSR count). The molecule has 0 aliphatic carbocycles. The van der Waals surface area contributed by atoms with Gasteiger partial charge in [0.25, 0.3) is 0 Å². The zero-order valence-corrected chi connectivity index (χ0v) is 14.0. The minimum Gasteiger partial charge on any atom is -0.356 e. The normalized spacial score (nSPS) is 12.8. The van der Waals surface area contributed by atoms with Gasteiger partial charge in [-0.25, -0.2) is 4.98 Å². The van der Waals surface area contributed by atoms with E-state index in [0.717, 1.165) is 25.5 Å². The van der Waals surface area contributed by atoms with E-state index >= 15 is 0 Å². The summed E-state index contributed by atoms with van der Waals surface area (Å²) in [5.74, 6) is 1.85. The minimum absolute atomic E-state index is 0.507. The maximum Gasteiger partial charge on any atom is 0.131 e. The molecule has 0 saturated heterocycles. The molecule has 1 aromatic rings. The van der Waals surface area contributed by atoms with E-state index in [2.05, 4.69) is 57.8 Å². The van der Waals surface area contributed by atoms with Gasteiger partial charge in [-0.1, -0.05) is 34.1 Å². The molecule has 0 aliphatic heterocycles. The molecule has 0 bridgehead atoms. The smallest absolute Gasteiger partial charge is 0.131 e. The second-order valence-corrected chi connectivity index (χ2v) is 6.07. The minimum atomic E-state index is 0.507. The SMILES string of the molecule is CCC(C)CN(CC)c1ncc(CNC(C)C)cc1C. The molecule has 3 heteroatoms. The monoisotopic (exact) mass is 277 g/mol. The van der Waals surface area contributed by atoms with Crippen molar-refractivity contribution in [3.8, 4) is 0 Å². The maximum absolute atomic E-state index is 4.70. The van der Waals surface area contributed by atoms with E-state index in [1.807, 2.05) is 6.20 Å². The number of pyridine rings is 1. The fourth-order valence-electron chi connectivity index (χ4n) is 2.25. The first-order chi connectivity index (χ1) is 9.47. The quantitative estimate of drug-likeness (QED) is 0.784. The first-order valence-corrected chi connectivity index (χ1v) is 7.91. The molecule has 0 saturated carbocycles. The lowest BCUT2D eigenvalue weighted by Gasteiger charge is -2.26. The number of nitrogens with zero attached hydrogens (tertiary/aromatic N) is 2. The Hall–Kier alpha value is -1.09. The molecule has 0 radical (unpaired) electrons. The standard InChI is InChI=1S/C17H31N3/c1-7-14(5)12-20(8-2)17-15(6)9-16(11-19-17)10-18-13(3)4/h9,11,13-14,18H,7-8,10,12H2,1-6H3. The third-order valence-electron chi connectivity index (χ3n) is 3.73. The molecule has 1 unspecified atom stereocenters. The fraction of sp³-hybridized carbons (Fsp3) is 0.706. The summed E-state index contributed by atoms with van der Waals surface area (Å²) in [7, 11) is 0. The van der Waals surface area contributed by atoms with Crippen molar-refractivity contribution in [2.45, 2.75) is 60.5 Å². The summed E-state index contributed by atoms with van der Waals surface area (Å²) in [6, 6.07) is 2.77. The molecule has 0 aromatic carbocycles. The van der Waals surface area contributed by atoms with Gasteiger partial charge in [-0.3, -0.25) is 0 Å². The van der Waals surface area contributed by atoms with Crippen molar-refractivity contribution in [2.75, 3.05) is 18.0 Å². The Kier molecular flexibility index (Phi) is 7.00. The van der Waals surface area contributed by atoms with Crippen LogP contribution in [0.5, 0.6) is 0 Å². The van der Waals surface area contributed by atoms with Gasteiger partial charge in [0.15, 0.2) is 0 Å². The van der Waals surface area contributed by atoms with Gasteiger partial charge in [0.2, 0.25) is 0 Å². The van der Waals surface area contributed by atoms with Gasteiger partial charge in [0, 0.05) is 31.9 Å². The molecule has 0 amide bonds. The van der Waals surface area contributed by atoms with Crippen molar-refractivity contribution in [1.29, 1.82) is 0 Å². The number of anilines is 1. The number of nitrogens with one attached hydrogen (secondary N) is 1. The van der Waals surface area contributed by atoms with Gasteiger partial charge in [0.05, 0.1) is 0 Å². The van der Waals surface area contributed by atoms with Crippen molar-refractivity contribution >= 4 is 5.82 Å². The lowest BCUT2D eigenvalue weighted by molar-refractivity contribution is 0.544. The largest absolute Gasteiger partial charge is 0.356 e. The highest BCUT2D eigenvalue weighted by molar-refractivity contribution is 5.47. The van der Waals surface area contributed by atoms with Crippen LogP contribution < -0.4 is 10.2 Å². The van der Waals surface area contributed by atoms with E-state index in [1.165, 1.54) is 17.5 Å². The Morgan fingerprint density at radius 1 is 1.25 bits per heavy atom. The van der Waals surface area contributed by atoms with Crippen LogP contribution in [0.25, 0.3) is 0 Å². The van der Waals surface area contributed by atoms with Crippen LogP contribution >= 0.6 is 0 Å². The third-order valence-corrected chi connectivity index (χ3v) is 3.73. The van der Waals surface area contributed by atoms with Crippen LogP contribution in [-0.4, -0.2) is 24.1 Å². The summed E-state index contributed by atoms with van der Waals surface area (Å²) in [6.45, 7) is 16.3. The zero-order chi connectivity index (χ0) is 15.1. The molecule has 114 valence electrons. The van der Waals surface area contributed by atoms with Crippen molar-refractivity contribution in [3.63, 3.8) is 0 Å². The molecule has 3 nitrogen and oxygen atoms in total. The number of aryl methyl sites for hydroxylation is 1. The van der Waals surface area contributed by atoms with Crippen molar-refractivity contribution in [1.82, 2.24) is 10.3 Å². The number of hydrogen-bond acceptors (Lipinski definition) is 3. The zero-order valence-electron chi connectivity index (χ0n) is 14.0. The Balaban J connectivity index is 2.79. The Bertz CT molecular complexity index is 401. The van der Waals surface area contributed by atoms with Crippen LogP contribution in [0.4, 0.5) is 5.82 Å². The van der Waals surface area contributed by atoms with Gasteiger partial charge in [-0.2, -0.15) is 0 Å². The van der Waals surface area contributed by atoms with E-state index in [-0.39, 0.29) is 0 Å². The summed E-state index contributed by atoms with van der Waals surface area (Å²) in [5, 5.41) is 3.44. The Labute approximate surface area is 124 Å². The van der Waals surface area contributed by atoms with E-state index in [0.29, 0.717) is 12.0 Å². The number of hydrogen-bond donors (Lipinski definition) is 1. The van der Waals surface area contributed by atoms with E-state index in [9.17, 15) is 0 Å². The molecular weight excluding hydrogens is 246 g/mol. The van der Waals surface area contributed by atoms with Gasteiger partial charge in [-0.05, 0) is 37.0 Å². The predicted octanol–water partition coefficient (Wildman–Crippen LogP) is 3.76. The van der Waals surface area contributed by atoms with Crippen molar-refractivity contribution < 1.29 is 0 Å². The number of aromatic nitrogens is 1. The van der Waals surface area contributed by atoms with Gasteiger partial charge >= 0.3 is 0 Å². The van der Waals surface area contributed by atoms with Crippen LogP contribution in [0.1, 0.15) is 52.2 Å². The van der Waals surface area contributed by atoms with Crippen LogP contribution in [-0.2, 0) is 6.54 Å². The molecule has 1 aromatic heterocycles. The average Bonchev–Trinajstić information content (AvgIpc) is 2.42. The highest BCUT2D eigenvalue weighted by Gasteiger charge is 2.12. The summed E-state index contributed by atoms with van der Waals surface area (Å²) >= 11 is 0. The van der Waals surface area contributed by atoms with Gasteiger partial charge < -0.3 is 10.2 Å². The highest BCUT2D eigenvalue weighted by Crippen LogP contribution is 2.19. The molecule has 20 heavy (non-hydrogen) atoms. The van der Waals surface area contributed by atoms with Crippen LogP contribution in [0.3, 0.4) is 0 Å². The molecule has 0 spiro atoms. The van der Waals surface area contributed by atoms with Crippen LogP contribution in [0.2, 0.25) is 0 Å². The number of rotatable bonds is 8. The first-order valence-electron chi connectivity index (χ1n) is 7.91. The second-order valence-electron chi connectivity index (χ2n) is 6.07. The summed E-state index contributed by atoms with van der Waals surface area (Å²) < 4.78 is 0. The molecule has 1 atom stereocenters. The van der Waals surface area contributed by atoms with Gasteiger partial charge in [0.1, 0.15) is 5.82 Å². The van der Waals surface area contributed by atoms with E-state index in [1.54, 1.807) is 0 Å². The Morgan fingerprint density at radius 3 is 2.45 bits per heavy atom. The fourth-order valence-corrected chi connectivity index (χ4v) is 2.25. The molecule has 1 heterocycles. The molecule has 1 N–H and O–H groups in total. The van der Waals surface area contributed by atoms with Crippen molar-refractivity contribution in [3.05, 3.63) is 23.4 Å². The average molecular weight is 277 g/mol. The predicted molar refractivity (Wildman–Crippen MR) is 88.3 cm³/mol. The Morgan fingerprint density at radius 2 is 1.95 bits per heavy atom. The topological polar surface area (TPSA) is 28.2 Å². The van der Waals surface area contributed by atoms with Crippen LogP contribution in [0, 0.1) is 12.8 Å². The molecule has 0 aliphatic rings. The van der Waals surface area contributed by atoms with Gasteiger partial charge in [-0.15, -0.1) is 0 Å². The highest BCUT2D eigenvalue weighted by atomic mass is 15.2. The summed E-state index contributed by atoms with van der Waals surface area (Å²) in [4.78, 5) is 7.09. The maximum atomic E-state index is 4.70. The summed E-state index contributed by atoms with van der Waals surface area (Å²) in [5.41, 5.74) is 2.54. The third kappa shape index (κ3) is 5.12. The van der Waals surface area contributed by atoms with Crippen LogP contribution in [0.15, 0.2) is 12.3 Å².